The first-order chi connectivity index (χ1) is 8.86. The second-order valence-corrected chi connectivity index (χ2v) is 5.19. The lowest BCUT2D eigenvalue weighted by Crippen LogP contribution is -2.45. The summed E-state index contributed by atoms with van der Waals surface area (Å²) in [5, 5.41) is 10.6. The Balaban J connectivity index is 2.54. The maximum atomic E-state index is 11.9. The van der Waals surface area contributed by atoms with Crippen LogP contribution in [0.15, 0.2) is 0 Å². The van der Waals surface area contributed by atoms with Gasteiger partial charge in [0, 0.05) is 30.9 Å². The Morgan fingerprint density at radius 3 is 2.47 bits per heavy atom. The molecule has 0 aliphatic rings. The topological polar surface area (TPSA) is 59.0 Å². The van der Waals surface area contributed by atoms with Crippen molar-refractivity contribution in [2.24, 2.45) is 7.05 Å². The van der Waals surface area contributed by atoms with Gasteiger partial charge < -0.3 is 10.6 Å². The highest BCUT2D eigenvalue weighted by Gasteiger charge is 2.16. The fourth-order valence-corrected chi connectivity index (χ4v) is 1.89. The summed E-state index contributed by atoms with van der Waals surface area (Å²) in [6.07, 6.45) is 0.944. The summed E-state index contributed by atoms with van der Waals surface area (Å²) in [5.41, 5.74) is 3.33. The Morgan fingerprint density at radius 1 is 1.37 bits per heavy atom. The van der Waals surface area contributed by atoms with Crippen LogP contribution in [0.25, 0.3) is 0 Å². The van der Waals surface area contributed by atoms with Gasteiger partial charge in [0.2, 0.25) is 5.91 Å². The van der Waals surface area contributed by atoms with Gasteiger partial charge in [-0.05, 0) is 34.1 Å². The van der Waals surface area contributed by atoms with E-state index in [1.165, 1.54) is 5.56 Å². The van der Waals surface area contributed by atoms with E-state index in [-0.39, 0.29) is 18.0 Å². The number of aromatic nitrogens is 2. The van der Waals surface area contributed by atoms with Crippen molar-refractivity contribution in [3.05, 3.63) is 17.0 Å². The molecule has 19 heavy (non-hydrogen) atoms. The van der Waals surface area contributed by atoms with Crippen LogP contribution in [-0.4, -0.2) is 27.8 Å². The number of hydrogen-bond donors (Lipinski definition) is 2. The third-order valence-corrected chi connectivity index (χ3v) is 3.64. The number of nitrogens with zero attached hydrogens (tertiary/aromatic N) is 2. The summed E-state index contributed by atoms with van der Waals surface area (Å²) < 4.78 is 1.87. The molecule has 0 saturated heterocycles. The van der Waals surface area contributed by atoms with Gasteiger partial charge in [-0.15, -0.1) is 0 Å². The van der Waals surface area contributed by atoms with E-state index >= 15 is 0 Å². The van der Waals surface area contributed by atoms with Crippen molar-refractivity contribution in [1.29, 1.82) is 0 Å². The zero-order valence-corrected chi connectivity index (χ0v) is 12.9. The number of aryl methyl sites for hydroxylation is 2. The highest BCUT2D eigenvalue weighted by molar-refractivity contribution is 5.81. The zero-order valence-electron chi connectivity index (χ0n) is 12.9. The van der Waals surface area contributed by atoms with Crippen molar-refractivity contribution < 1.29 is 4.79 Å². The Hall–Kier alpha value is -1.36. The monoisotopic (exact) mass is 266 g/mol. The molecule has 2 atom stereocenters. The number of hydrogen-bond acceptors (Lipinski definition) is 3. The molecule has 1 heterocycles. The van der Waals surface area contributed by atoms with E-state index in [4.69, 9.17) is 0 Å². The van der Waals surface area contributed by atoms with E-state index in [0.29, 0.717) is 6.54 Å². The highest BCUT2D eigenvalue weighted by atomic mass is 16.2. The molecule has 1 rings (SSSR count). The van der Waals surface area contributed by atoms with Gasteiger partial charge in [-0.1, -0.05) is 6.92 Å². The quantitative estimate of drug-likeness (QED) is 0.819. The molecule has 1 aromatic heterocycles. The molecule has 0 saturated carbocycles. The third-order valence-electron chi connectivity index (χ3n) is 3.64. The van der Waals surface area contributed by atoms with Crippen LogP contribution in [-0.2, 0) is 18.4 Å². The van der Waals surface area contributed by atoms with Crippen LogP contribution in [0.1, 0.15) is 44.1 Å². The van der Waals surface area contributed by atoms with Crippen LogP contribution in [0.5, 0.6) is 0 Å². The third kappa shape index (κ3) is 4.06. The van der Waals surface area contributed by atoms with Crippen molar-refractivity contribution in [1.82, 2.24) is 20.4 Å². The highest BCUT2D eigenvalue weighted by Crippen LogP contribution is 2.11. The van der Waals surface area contributed by atoms with E-state index in [1.54, 1.807) is 0 Å². The van der Waals surface area contributed by atoms with E-state index in [1.807, 2.05) is 39.4 Å². The molecular weight excluding hydrogens is 240 g/mol. The minimum Gasteiger partial charge on any atom is -0.352 e. The molecule has 5 nitrogen and oxygen atoms in total. The molecule has 1 aromatic rings. The lowest BCUT2D eigenvalue weighted by Gasteiger charge is -2.17. The van der Waals surface area contributed by atoms with Crippen LogP contribution in [0, 0.1) is 13.8 Å². The molecular formula is C14H26N4O. The minimum absolute atomic E-state index is 0.0496. The lowest BCUT2D eigenvalue weighted by molar-refractivity contribution is -0.123. The predicted molar refractivity (Wildman–Crippen MR) is 76.9 cm³/mol. The average Bonchev–Trinajstić information content (AvgIpc) is 2.60. The average molecular weight is 266 g/mol. The maximum absolute atomic E-state index is 11.9. The number of carbonyl (C=O) groups is 1. The number of amides is 1. The first-order valence-electron chi connectivity index (χ1n) is 6.89. The lowest BCUT2D eigenvalue weighted by atomic mass is 10.1. The summed E-state index contributed by atoms with van der Waals surface area (Å²) in [6.45, 7) is 10.7. The van der Waals surface area contributed by atoms with Gasteiger partial charge in [0.05, 0.1) is 11.7 Å². The van der Waals surface area contributed by atoms with Crippen LogP contribution >= 0.6 is 0 Å². The Kier molecular flexibility index (Phi) is 5.54. The molecule has 108 valence electrons. The van der Waals surface area contributed by atoms with Gasteiger partial charge in [-0.2, -0.15) is 5.10 Å². The number of rotatable bonds is 6. The molecule has 0 spiro atoms. The molecule has 1 amide bonds. The smallest absolute Gasteiger partial charge is 0.237 e. The summed E-state index contributed by atoms with van der Waals surface area (Å²) in [5.74, 6) is 0.0496. The predicted octanol–water partition coefficient (Wildman–Crippen LogP) is 1.43. The normalized spacial score (nSPS) is 14.2. The zero-order chi connectivity index (χ0) is 14.6. The SMILES string of the molecule is CCC(C)NC(=O)C(C)NCc1c(C)nn(C)c1C. The summed E-state index contributed by atoms with van der Waals surface area (Å²) in [6, 6.07) is 0.0200. The van der Waals surface area contributed by atoms with Gasteiger partial charge in [0.1, 0.15) is 0 Å². The van der Waals surface area contributed by atoms with Gasteiger partial charge in [0.25, 0.3) is 0 Å². The van der Waals surface area contributed by atoms with Crippen molar-refractivity contribution >= 4 is 5.91 Å². The largest absolute Gasteiger partial charge is 0.352 e. The maximum Gasteiger partial charge on any atom is 0.237 e. The molecule has 0 aromatic carbocycles. The van der Waals surface area contributed by atoms with E-state index in [2.05, 4.69) is 22.7 Å². The summed E-state index contributed by atoms with van der Waals surface area (Å²) in [4.78, 5) is 11.9. The van der Waals surface area contributed by atoms with Crippen LogP contribution in [0.3, 0.4) is 0 Å². The van der Waals surface area contributed by atoms with Crippen molar-refractivity contribution in [3.63, 3.8) is 0 Å². The van der Waals surface area contributed by atoms with E-state index in [9.17, 15) is 4.79 Å². The fourth-order valence-electron chi connectivity index (χ4n) is 1.89. The van der Waals surface area contributed by atoms with Crippen molar-refractivity contribution in [3.8, 4) is 0 Å². The number of nitrogens with one attached hydrogen (secondary N) is 2. The van der Waals surface area contributed by atoms with Crippen LogP contribution in [0.2, 0.25) is 0 Å². The van der Waals surface area contributed by atoms with Crippen molar-refractivity contribution in [2.75, 3.05) is 0 Å². The molecule has 0 radical (unpaired) electrons. The first-order valence-corrected chi connectivity index (χ1v) is 6.89. The molecule has 5 heteroatoms. The van der Waals surface area contributed by atoms with Crippen molar-refractivity contribution in [2.45, 2.75) is 59.7 Å². The molecule has 2 unspecified atom stereocenters. The molecule has 2 N–H and O–H groups in total. The molecule has 0 aliphatic heterocycles. The molecule has 0 bridgehead atoms. The summed E-state index contributed by atoms with van der Waals surface area (Å²) in [7, 11) is 1.94. The Morgan fingerprint density at radius 2 is 2.00 bits per heavy atom. The fraction of sp³-hybridized carbons (Fsp3) is 0.714. The molecule has 0 aliphatic carbocycles. The van der Waals surface area contributed by atoms with Gasteiger partial charge in [0.15, 0.2) is 0 Å². The minimum atomic E-state index is -0.201. The summed E-state index contributed by atoms with van der Waals surface area (Å²) >= 11 is 0. The standard InChI is InChI=1S/C14H26N4O/c1-7-9(2)16-14(19)11(4)15-8-13-10(3)17-18(6)12(13)5/h9,11,15H,7-8H2,1-6H3,(H,16,19). The van der Waals surface area contributed by atoms with Gasteiger partial charge in [-0.25, -0.2) is 0 Å². The van der Waals surface area contributed by atoms with Crippen LogP contribution < -0.4 is 10.6 Å². The molecule has 0 fully saturated rings. The Labute approximate surface area is 115 Å². The van der Waals surface area contributed by atoms with Crippen LogP contribution in [0.4, 0.5) is 0 Å². The second-order valence-electron chi connectivity index (χ2n) is 5.19. The Bertz CT molecular complexity index is 439. The first kappa shape index (κ1) is 15.7. The number of carbonyl (C=O) groups excluding carboxylic acids is 1. The second kappa shape index (κ2) is 6.70. The van der Waals surface area contributed by atoms with E-state index in [0.717, 1.165) is 17.8 Å². The van der Waals surface area contributed by atoms with E-state index < -0.39 is 0 Å². The van der Waals surface area contributed by atoms with Gasteiger partial charge in [-0.3, -0.25) is 9.48 Å². The van der Waals surface area contributed by atoms with Gasteiger partial charge >= 0.3 is 0 Å².